The molecule has 1 saturated carbocycles. The van der Waals surface area contributed by atoms with Gasteiger partial charge in [-0.05, 0) is 25.7 Å². The number of nitrogens with zero attached hydrogens (tertiary/aromatic N) is 2. The fraction of sp³-hybridized carbons (Fsp3) is 0.762. The average Bonchev–Trinajstić information content (AvgIpc) is 3.17. The number of hydrogen-bond acceptors (Lipinski definition) is 4. The van der Waals surface area contributed by atoms with Crippen LogP contribution in [0, 0.1) is 11.8 Å². The molecule has 1 saturated heterocycles. The molecule has 1 N–H and O–H groups in total. The highest BCUT2D eigenvalue weighted by Gasteiger charge is 2.31. The number of rotatable bonds is 6. The molecule has 1 aliphatic carbocycles. The van der Waals surface area contributed by atoms with Crippen molar-refractivity contribution in [3.8, 4) is 0 Å². The van der Waals surface area contributed by atoms with Crippen LogP contribution >= 0.6 is 11.3 Å². The Kier molecular flexibility index (Phi) is 7.27. The number of amides is 2. The molecule has 2 aliphatic rings. The van der Waals surface area contributed by atoms with Gasteiger partial charge in [-0.25, -0.2) is 4.98 Å². The van der Waals surface area contributed by atoms with Gasteiger partial charge in [-0.2, -0.15) is 0 Å². The van der Waals surface area contributed by atoms with E-state index < -0.39 is 0 Å². The lowest BCUT2D eigenvalue weighted by atomic mass is 9.87. The summed E-state index contributed by atoms with van der Waals surface area (Å²) in [6, 6.07) is 0. The topological polar surface area (TPSA) is 62.3 Å². The first-order valence-electron chi connectivity index (χ1n) is 10.6. The van der Waals surface area contributed by atoms with E-state index >= 15 is 0 Å². The predicted octanol–water partition coefficient (Wildman–Crippen LogP) is 3.74. The first kappa shape index (κ1) is 20.3. The molecule has 2 heterocycles. The Hall–Kier alpha value is -1.43. The molecule has 1 aliphatic heterocycles. The minimum Gasteiger partial charge on any atom is -0.355 e. The summed E-state index contributed by atoms with van der Waals surface area (Å²) in [7, 11) is 0. The Morgan fingerprint density at radius 3 is 2.74 bits per heavy atom. The number of likely N-dealkylation sites (tertiary alicyclic amines) is 1. The van der Waals surface area contributed by atoms with Crippen LogP contribution in [0.5, 0.6) is 0 Å². The van der Waals surface area contributed by atoms with Crippen LogP contribution in [0.3, 0.4) is 0 Å². The standard InChI is InChI=1S/C21H33N3O2S/c1-15(2)19(25)22-11-10-18-14-27-20(23-18)17-9-6-12-24(13-17)21(26)16-7-4-3-5-8-16/h14-17H,3-13H2,1-2H3,(H,22,25)/t17-/m1/s1. The van der Waals surface area contributed by atoms with E-state index in [1.807, 2.05) is 13.8 Å². The summed E-state index contributed by atoms with van der Waals surface area (Å²) in [6.45, 7) is 6.17. The zero-order valence-electron chi connectivity index (χ0n) is 16.7. The molecular formula is C21H33N3O2S. The summed E-state index contributed by atoms with van der Waals surface area (Å²) in [5, 5.41) is 6.21. The molecule has 150 valence electrons. The van der Waals surface area contributed by atoms with Gasteiger partial charge in [0, 0.05) is 49.2 Å². The molecule has 0 spiro atoms. The summed E-state index contributed by atoms with van der Waals surface area (Å²) < 4.78 is 0. The first-order chi connectivity index (χ1) is 13.0. The van der Waals surface area contributed by atoms with Crippen LogP contribution in [0.25, 0.3) is 0 Å². The van der Waals surface area contributed by atoms with Crippen LogP contribution < -0.4 is 5.32 Å². The normalized spacial score (nSPS) is 21.4. The minimum absolute atomic E-state index is 0.0194. The Balaban J connectivity index is 1.51. The summed E-state index contributed by atoms with van der Waals surface area (Å²) >= 11 is 1.71. The largest absolute Gasteiger partial charge is 0.355 e. The van der Waals surface area contributed by atoms with Crippen LogP contribution in [-0.2, 0) is 16.0 Å². The minimum atomic E-state index is 0.0194. The lowest BCUT2D eigenvalue weighted by molar-refractivity contribution is -0.137. The maximum atomic E-state index is 12.9. The van der Waals surface area contributed by atoms with Crippen molar-refractivity contribution in [3.05, 3.63) is 16.1 Å². The fourth-order valence-electron chi connectivity index (χ4n) is 4.13. The van der Waals surface area contributed by atoms with Crippen molar-refractivity contribution < 1.29 is 9.59 Å². The van der Waals surface area contributed by atoms with Gasteiger partial charge >= 0.3 is 0 Å². The molecule has 0 radical (unpaired) electrons. The highest BCUT2D eigenvalue weighted by Crippen LogP contribution is 2.32. The monoisotopic (exact) mass is 391 g/mol. The molecule has 2 amide bonds. The number of carbonyl (C=O) groups excluding carboxylic acids is 2. The molecule has 3 rings (SSSR count). The second-order valence-corrected chi connectivity index (χ2v) is 9.22. The van der Waals surface area contributed by atoms with Crippen molar-refractivity contribution in [2.24, 2.45) is 11.8 Å². The Bertz CT molecular complexity index is 637. The molecule has 6 heteroatoms. The van der Waals surface area contributed by atoms with Gasteiger partial charge < -0.3 is 10.2 Å². The van der Waals surface area contributed by atoms with Crippen LogP contribution in [0.2, 0.25) is 0 Å². The van der Waals surface area contributed by atoms with Gasteiger partial charge in [-0.15, -0.1) is 11.3 Å². The molecule has 2 fully saturated rings. The highest BCUT2D eigenvalue weighted by molar-refractivity contribution is 7.09. The first-order valence-corrected chi connectivity index (χ1v) is 11.4. The van der Waals surface area contributed by atoms with Gasteiger partial charge in [0.05, 0.1) is 10.7 Å². The fourth-order valence-corrected chi connectivity index (χ4v) is 5.11. The van der Waals surface area contributed by atoms with E-state index in [-0.39, 0.29) is 17.7 Å². The van der Waals surface area contributed by atoms with Gasteiger partial charge in [0.2, 0.25) is 11.8 Å². The molecule has 27 heavy (non-hydrogen) atoms. The molecule has 5 nitrogen and oxygen atoms in total. The van der Waals surface area contributed by atoms with Gasteiger partial charge in [-0.3, -0.25) is 9.59 Å². The number of aromatic nitrogens is 1. The van der Waals surface area contributed by atoms with E-state index in [1.54, 1.807) is 11.3 Å². The lowest BCUT2D eigenvalue weighted by Gasteiger charge is -2.35. The van der Waals surface area contributed by atoms with Crippen LogP contribution in [0.4, 0.5) is 0 Å². The maximum absolute atomic E-state index is 12.9. The number of thiazole rings is 1. The predicted molar refractivity (Wildman–Crippen MR) is 109 cm³/mol. The number of hydrogen-bond donors (Lipinski definition) is 1. The van der Waals surface area contributed by atoms with E-state index in [1.165, 1.54) is 19.3 Å². The third kappa shape index (κ3) is 5.53. The van der Waals surface area contributed by atoms with E-state index in [9.17, 15) is 9.59 Å². The van der Waals surface area contributed by atoms with E-state index in [2.05, 4.69) is 15.6 Å². The van der Waals surface area contributed by atoms with Gasteiger partial charge in [-0.1, -0.05) is 33.1 Å². The maximum Gasteiger partial charge on any atom is 0.225 e. The average molecular weight is 392 g/mol. The van der Waals surface area contributed by atoms with Gasteiger partial charge in [0.25, 0.3) is 0 Å². The Morgan fingerprint density at radius 1 is 1.22 bits per heavy atom. The second-order valence-electron chi connectivity index (χ2n) is 8.33. The SMILES string of the molecule is CC(C)C(=O)NCCc1csc([C@@H]2CCCN(C(=O)C3CCCCC3)C2)n1. The van der Waals surface area contributed by atoms with Crippen LogP contribution in [0.15, 0.2) is 5.38 Å². The quantitative estimate of drug-likeness (QED) is 0.803. The lowest BCUT2D eigenvalue weighted by Crippen LogP contribution is -2.42. The molecule has 0 unspecified atom stereocenters. The third-order valence-corrected chi connectivity index (χ3v) is 6.87. The number of carbonyl (C=O) groups is 2. The van der Waals surface area contributed by atoms with E-state index in [0.29, 0.717) is 18.4 Å². The molecule has 1 aromatic rings. The third-order valence-electron chi connectivity index (χ3n) is 5.81. The van der Waals surface area contributed by atoms with Crippen LogP contribution in [0.1, 0.15) is 75.4 Å². The van der Waals surface area contributed by atoms with Gasteiger partial charge in [0.15, 0.2) is 0 Å². The summed E-state index contributed by atoms with van der Waals surface area (Å²) in [5.74, 6) is 1.12. The van der Waals surface area contributed by atoms with Gasteiger partial charge in [0.1, 0.15) is 0 Å². The molecule has 0 aromatic carbocycles. The molecule has 0 bridgehead atoms. The van der Waals surface area contributed by atoms with Crippen molar-refractivity contribution >= 4 is 23.2 Å². The molecular weight excluding hydrogens is 358 g/mol. The smallest absolute Gasteiger partial charge is 0.225 e. The van der Waals surface area contributed by atoms with Crippen molar-refractivity contribution in [3.63, 3.8) is 0 Å². The van der Waals surface area contributed by atoms with E-state index in [4.69, 9.17) is 4.98 Å². The zero-order valence-corrected chi connectivity index (χ0v) is 17.5. The van der Waals surface area contributed by atoms with E-state index in [0.717, 1.165) is 55.9 Å². The van der Waals surface area contributed by atoms with Crippen molar-refractivity contribution in [1.29, 1.82) is 0 Å². The number of piperidine rings is 1. The molecule has 1 atom stereocenters. The van der Waals surface area contributed by atoms with Crippen molar-refractivity contribution in [2.45, 2.75) is 71.1 Å². The zero-order chi connectivity index (χ0) is 19.2. The van der Waals surface area contributed by atoms with Crippen LogP contribution in [-0.4, -0.2) is 41.3 Å². The Morgan fingerprint density at radius 2 is 2.00 bits per heavy atom. The summed E-state index contributed by atoms with van der Waals surface area (Å²) in [4.78, 5) is 31.4. The second kappa shape index (κ2) is 9.67. The van der Waals surface area contributed by atoms with Crippen molar-refractivity contribution in [1.82, 2.24) is 15.2 Å². The molecule has 1 aromatic heterocycles. The highest BCUT2D eigenvalue weighted by atomic mass is 32.1. The summed E-state index contributed by atoms with van der Waals surface area (Å²) in [5.41, 5.74) is 1.05. The Labute approximate surface area is 166 Å². The number of nitrogens with one attached hydrogen (secondary N) is 1. The van der Waals surface area contributed by atoms with Crippen molar-refractivity contribution in [2.75, 3.05) is 19.6 Å². The summed E-state index contributed by atoms with van der Waals surface area (Å²) in [6.07, 6.45) is 8.80.